The number of pyridine rings is 1. The molecule has 0 bridgehead atoms. The quantitative estimate of drug-likeness (QED) is 0.887. The SMILES string of the molecule is CN1CCN(c2ncc(Br)cc2F)C(CN)C1. The number of rotatable bonds is 2. The molecular formula is C11H16BrFN4. The van der Waals surface area contributed by atoms with Gasteiger partial charge in [-0.25, -0.2) is 9.37 Å². The van der Waals surface area contributed by atoms with Crippen molar-refractivity contribution in [2.24, 2.45) is 5.73 Å². The van der Waals surface area contributed by atoms with Crippen LogP contribution >= 0.6 is 15.9 Å². The first-order valence-electron chi connectivity index (χ1n) is 5.58. The lowest BCUT2D eigenvalue weighted by molar-refractivity contribution is 0.267. The smallest absolute Gasteiger partial charge is 0.166 e. The predicted octanol–water partition coefficient (Wildman–Crippen LogP) is 1.06. The Balaban J connectivity index is 2.25. The zero-order chi connectivity index (χ0) is 12.4. The molecule has 1 aromatic heterocycles. The van der Waals surface area contributed by atoms with E-state index in [0.29, 0.717) is 16.8 Å². The number of piperazine rings is 1. The van der Waals surface area contributed by atoms with E-state index in [1.807, 2.05) is 11.9 Å². The number of likely N-dealkylation sites (N-methyl/N-ethyl adjacent to an activating group) is 1. The molecular weight excluding hydrogens is 287 g/mol. The van der Waals surface area contributed by atoms with Gasteiger partial charge in [0.05, 0.1) is 6.04 Å². The number of nitrogens with two attached hydrogens (primary N) is 1. The first-order valence-corrected chi connectivity index (χ1v) is 6.37. The molecule has 0 aliphatic carbocycles. The van der Waals surface area contributed by atoms with Crippen LogP contribution in [0.1, 0.15) is 0 Å². The normalized spacial score (nSPS) is 21.9. The van der Waals surface area contributed by atoms with Crippen molar-refractivity contribution >= 4 is 21.7 Å². The number of aromatic nitrogens is 1. The highest BCUT2D eigenvalue weighted by Gasteiger charge is 2.27. The van der Waals surface area contributed by atoms with Gasteiger partial charge < -0.3 is 15.5 Å². The molecule has 0 saturated carbocycles. The van der Waals surface area contributed by atoms with E-state index in [2.05, 4.69) is 25.8 Å². The molecule has 0 radical (unpaired) electrons. The molecule has 2 N–H and O–H groups in total. The summed E-state index contributed by atoms with van der Waals surface area (Å²) in [6.07, 6.45) is 1.62. The van der Waals surface area contributed by atoms with Crippen LogP contribution in [0.15, 0.2) is 16.7 Å². The molecule has 17 heavy (non-hydrogen) atoms. The van der Waals surface area contributed by atoms with E-state index < -0.39 is 0 Å². The second-order valence-corrected chi connectivity index (χ2v) is 5.22. The Labute approximate surface area is 109 Å². The summed E-state index contributed by atoms with van der Waals surface area (Å²) in [7, 11) is 2.05. The molecule has 0 aromatic carbocycles. The number of nitrogens with zero attached hydrogens (tertiary/aromatic N) is 3. The van der Waals surface area contributed by atoms with Crippen molar-refractivity contribution in [1.29, 1.82) is 0 Å². The zero-order valence-corrected chi connectivity index (χ0v) is 11.3. The third-order valence-corrected chi connectivity index (χ3v) is 3.45. The summed E-state index contributed by atoms with van der Waals surface area (Å²) < 4.78 is 14.5. The highest BCUT2D eigenvalue weighted by Crippen LogP contribution is 2.23. The van der Waals surface area contributed by atoms with Crippen molar-refractivity contribution < 1.29 is 4.39 Å². The molecule has 94 valence electrons. The van der Waals surface area contributed by atoms with E-state index in [1.54, 1.807) is 6.20 Å². The second kappa shape index (κ2) is 5.29. The van der Waals surface area contributed by atoms with E-state index in [9.17, 15) is 4.39 Å². The van der Waals surface area contributed by atoms with E-state index >= 15 is 0 Å². The second-order valence-electron chi connectivity index (χ2n) is 4.30. The average molecular weight is 303 g/mol. The van der Waals surface area contributed by atoms with Crippen molar-refractivity contribution in [3.63, 3.8) is 0 Å². The summed E-state index contributed by atoms with van der Waals surface area (Å²) in [6.45, 7) is 2.99. The van der Waals surface area contributed by atoms with E-state index in [-0.39, 0.29) is 11.9 Å². The molecule has 1 fully saturated rings. The molecule has 1 aromatic rings. The molecule has 0 amide bonds. The topological polar surface area (TPSA) is 45.4 Å². The Morgan fingerprint density at radius 3 is 3.00 bits per heavy atom. The van der Waals surface area contributed by atoms with Crippen molar-refractivity contribution in [3.8, 4) is 0 Å². The fourth-order valence-corrected chi connectivity index (χ4v) is 2.41. The van der Waals surface area contributed by atoms with Crippen molar-refractivity contribution in [2.75, 3.05) is 38.1 Å². The largest absolute Gasteiger partial charge is 0.347 e. The van der Waals surface area contributed by atoms with Gasteiger partial charge in [0, 0.05) is 36.8 Å². The Morgan fingerprint density at radius 2 is 2.35 bits per heavy atom. The van der Waals surface area contributed by atoms with Crippen molar-refractivity contribution in [2.45, 2.75) is 6.04 Å². The maximum absolute atomic E-state index is 13.9. The van der Waals surface area contributed by atoms with Crippen LogP contribution in [0.3, 0.4) is 0 Å². The van der Waals surface area contributed by atoms with Crippen LogP contribution in [-0.2, 0) is 0 Å². The van der Waals surface area contributed by atoms with E-state index in [0.717, 1.165) is 19.6 Å². The van der Waals surface area contributed by atoms with Gasteiger partial charge in [0.1, 0.15) is 0 Å². The minimum Gasteiger partial charge on any atom is -0.347 e. The van der Waals surface area contributed by atoms with Crippen LogP contribution in [0.4, 0.5) is 10.2 Å². The molecule has 1 atom stereocenters. The minimum absolute atomic E-state index is 0.122. The Morgan fingerprint density at radius 1 is 1.59 bits per heavy atom. The van der Waals surface area contributed by atoms with Crippen molar-refractivity contribution in [1.82, 2.24) is 9.88 Å². The van der Waals surface area contributed by atoms with Crippen LogP contribution in [0.5, 0.6) is 0 Å². The summed E-state index contributed by atoms with van der Waals surface area (Å²) in [5.74, 6) is 0.0964. The van der Waals surface area contributed by atoms with Crippen LogP contribution < -0.4 is 10.6 Å². The Hall–Kier alpha value is -0.720. The van der Waals surface area contributed by atoms with E-state index in [4.69, 9.17) is 5.73 Å². The lowest BCUT2D eigenvalue weighted by atomic mass is 10.1. The maximum atomic E-state index is 13.9. The summed E-state index contributed by atoms with van der Waals surface area (Å²) in [5.41, 5.74) is 5.75. The molecule has 0 spiro atoms. The van der Waals surface area contributed by atoms with E-state index in [1.165, 1.54) is 6.07 Å². The first-order chi connectivity index (χ1) is 8.11. The molecule has 1 aliphatic heterocycles. The van der Waals surface area contributed by atoms with Crippen LogP contribution in [0.2, 0.25) is 0 Å². The van der Waals surface area contributed by atoms with Gasteiger partial charge in [-0.15, -0.1) is 0 Å². The summed E-state index contributed by atoms with van der Waals surface area (Å²) in [5, 5.41) is 0. The fourth-order valence-electron chi connectivity index (χ4n) is 2.11. The summed E-state index contributed by atoms with van der Waals surface area (Å²) in [4.78, 5) is 8.31. The summed E-state index contributed by atoms with van der Waals surface area (Å²) >= 11 is 3.21. The molecule has 6 heteroatoms. The maximum Gasteiger partial charge on any atom is 0.166 e. The van der Waals surface area contributed by atoms with Gasteiger partial charge in [-0.2, -0.15) is 0 Å². The fraction of sp³-hybridized carbons (Fsp3) is 0.545. The van der Waals surface area contributed by atoms with Gasteiger partial charge in [0.25, 0.3) is 0 Å². The number of anilines is 1. The molecule has 2 rings (SSSR count). The molecule has 1 saturated heterocycles. The average Bonchev–Trinajstić information content (AvgIpc) is 2.30. The summed E-state index contributed by atoms with van der Waals surface area (Å²) in [6, 6.07) is 1.56. The number of hydrogen-bond donors (Lipinski definition) is 1. The molecule has 1 aliphatic rings. The number of hydrogen-bond acceptors (Lipinski definition) is 4. The molecule has 1 unspecified atom stereocenters. The Kier molecular flexibility index (Phi) is 3.96. The van der Waals surface area contributed by atoms with Gasteiger partial charge in [0.15, 0.2) is 11.6 Å². The third-order valence-electron chi connectivity index (χ3n) is 3.02. The predicted molar refractivity (Wildman–Crippen MR) is 69.6 cm³/mol. The number of halogens is 2. The Bertz CT molecular complexity index is 401. The van der Waals surface area contributed by atoms with Crippen LogP contribution in [0.25, 0.3) is 0 Å². The van der Waals surface area contributed by atoms with Crippen LogP contribution in [0, 0.1) is 5.82 Å². The van der Waals surface area contributed by atoms with Gasteiger partial charge in [0.2, 0.25) is 0 Å². The van der Waals surface area contributed by atoms with Crippen LogP contribution in [-0.4, -0.2) is 49.2 Å². The third kappa shape index (κ3) is 2.75. The van der Waals surface area contributed by atoms with Crippen molar-refractivity contribution in [3.05, 3.63) is 22.6 Å². The molecule has 2 heterocycles. The first kappa shape index (κ1) is 12.7. The van der Waals surface area contributed by atoms with Gasteiger partial charge in [-0.3, -0.25) is 0 Å². The highest BCUT2D eigenvalue weighted by atomic mass is 79.9. The lowest BCUT2D eigenvalue weighted by Gasteiger charge is -2.40. The van der Waals surface area contributed by atoms with Gasteiger partial charge >= 0.3 is 0 Å². The van der Waals surface area contributed by atoms with Gasteiger partial charge in [-0.1, -0.05) is 0 Å². The standard InChI is InChI=1S/C11H16BrFN4/c1-16-2-3-17(9(5-14)7-16)11-10(13)4-8(12)6-15-11/h4,6,9H,2-3,5,7,14H2,1H3. The minimum atomic E-state index is -0.303. The van der Waals surface area contributed by atoms with Gasteiger partial charge in [-0.05, 0) is 29.0 Å². The molecule has 4 nitrogen and oxygen atoms in total. The lowest BCUT2D eigenvalue weighted by Crippen LogP contribution is -2.55. The zero-order valence-electron chi connectivity index (χ0n) is 9.74. The monoisotopic (exact) mass is 302 g/mol. The highest BCUT2D eigenvalue weighted by molar-refractivity contribution is 9.10.